The van der Waals surface area contributed by atoms with E-state index < -0.39 is 0 Å². The Labute approximate surface area is 97.4 Å². The van der Waals surface area contributed by atoms with Crippen LogP contribution in [0.25, 0.3) is 0 Å². The molecule has 0 saturated heterocycles. The molecule has 1 aromatic heterocycles. The topological polar surface area (TPSA) is 47.1 Å². The first-order chi connectivity index (χ1) is 7.57. The molecule has 2 rings (SSSR count). The monoisotopic (exact) mass is 222 g/mol. The first-order valence-corrected chi connectivity index (χ1v) is 6.02. The molecule has 0 bridgehead atoms. The summed E-state index contributed by atoms with van der Waals surface area (Å²) in [5.74, 6) is 0. The quantitative estimate of drug-likeness (QED) is 0.830. The maximum absolute atomic E-state index is 6.36. The van der Waals surface area contributed by atoms with Crippen molar-refractivity contribution in [1.82, 2.24) is 14.7 Å². The Morgan fingerprint density at radius 2 is 2.19 bits per heavy atom. The molecular weight excluding hydrogens is 200 g/mol. The lowest BCUT2D eigenvalue weighted by Crippen LogP contribution is -2.46. The van der Waals surface area contributed by atoms with Gasteiger partial charge in [-0.15, -0.1) is 0 Å². The smallest absolute Gasteiger partial charge is 0.0534 e. The average molecular weight is 222 g/mol. The van der Waals surface area contributed by atoms with Crippen molar-refractivity contribution in [3.8, 4) is 0 Å². The molecular formula is C12H22N4. The van der Waals surface area contributed by atoms with Gasteiger partial charge in [-0.2, -0.15) is 5.10 Å². The van der Waals surface area contributed by atoms with Gasteiger partial charge in [0.2, 0.25) is 0 Å². The summed E-state index contributed by atoms with van der Waals surface area (Å²) >= 11 is 0. The van der Waals surface area contributed by atoms with Crippen LogP contribution < -0.4 is 5.73 Å². The Morgan fingerprint density at radius 3 is 2.75 bits per heavy atom. The van der Waals surface area contributed by atoms with Gasteiger partial charge in [0.15, 0.2) is 0 Å². The Bertz CT molecular complexity index is 339. The SMILES string of the molecule is CN(Cc1cnn(C)c1)CC1(N)CCCC1. The van der Waals surface area contributed by atoms with Gasteiger partial charge in [0.05, 0.1) is 6.20 Å². The zero-order valence-electron chi connectivity index (χ0n) is 10.3. The van der Waals surface area contributed by atoms with Crippen molar-refractivity contribution in [2.24, 2.45) is 12.8 Å². The molecule has 90 valence electrons. The second-order valence-electron chi connectivity index (χ2n) is 5.26. The molecule has 0 unspecified atom stereocenters. The highest BCUT2D eigenvalue weighted by Gasteiger charge is 2.30. The fraction of sp³-hybridized carbons (Fsp3) is 0.750. The molecule has 1 heterocycles. The van der Waals surface area contributed by atoms with E-state index in [0.29, 0.717) is 0 Å². The van der Waals surface area contributed by atoms with Gasteiger partial charge in [-0.1, -0.05) is 12.8 Å². The van der Waals surface area contributed by atoms with E-state index >= 15 is 0 Å². The van der Waals surface area contributed by atoms with Crippen LogP contribution in [0.15, 0.2) is 12.4 Å². The van der Waals surface area contributed by atoms with Crippen LogP contribution in [0.1, 0.15) is 31.2 Å². The van der Waals surface area contributed by atoms with Gasteiger partial charge in [0.25, 0.3) is 0 Å². The van der Waals surface area contributed by atoms with Crippen molar-refractivity contribution in [2.75, 3.05) is 13.6 Å². The molecule has 1 saturated carbocycles. The highest BCUT2D eigenvalue weighted by molar-refractivity contribution is 5.03. The summed E-state index contributed by atoms with van der Waals surface area (Å²) in [4.78, 5) is 2.31. The lowest BCUT2D eigenvalue weighted by Gasteiger charge is -2.29. The number of aromatic nitrogens is 2. The zero-order valence-corrected chi connectivity index (χ0v) is 10.3. The second-order valence-corrected chi connectivity index (χ2v) is 5.26. The summed E-state index contributed by atoms with van der Waals surface area (Å²) in [6.45, 7) is 1.93. The molecule has 0 aliphatic heterocycles. The van der Waals surface area contributed by atoms with Crippen molar-refractivity contribution >= 4 is 0 Å². The zero-order chi connectivity index (χ0) is 11.6. The van der Waals surface area contributed by atoms with Gasteiger partial charge >= 0.3 is 0 Å². The van der Waals surface area contributed by atoms with Gasteiger partial charge in [0.1, 0.15) is 0 Å². The van der Waals surface area contributed by atoms with Gasteiger partial charge in [-0.3, -0.25) is 4.68 Å². The number of aryl methyl sites for hydroxylation is 1. The van der Waals surface area contributed by atoms with E-state index in [0.717, 1.165) is 13.1 Å². The van der Waals surface area contributed by atoms with Crippen molar-refractivity contribution in [3.05, 3.63) is 18.0 Å². The third kappa shape index (κ3) is 2.83. The highest BCUT2D eigenvalue weighted by atomic mass is 15.2. The van der Waals surface area contributed by atoms with Crippen molar-refractivity contribution in [2.45, 2.75) is 37.8 Å². The summed E-state index contributed by atoms with van der Waals surface area (Å²) in [7, 11) is 4.09. The lowest BCUT2D eigenvalue weighted by atomic mass is 9.98. The van der Waals surface area contributed by atoms with Crippen LogP contribution >= 0.6 is 0 Å². The van der Waals surface area contributed by atoms with Crippen molar-refractivity contribution in [1.29, 1.82) is 0 Å². The molecule has 4 nitrogen and oxygen atoms in total. The summed E-state index contributed by atoms with van der Waals surface area (Å²) in [5.41, 5.74) is 7.66. The number of hydrogen-bond acceptors (Lipinski definition) is 3. The molecule has 1 aromatic rings. The lowest BCUT2D eigenvalue weighted by molar-refractivity contribution is 0.241. The number of likely N-dealkylation sites (N-methyl/N-ethyl adjacent to an activating group) is 1. The van der Waals surface area contributed by atoms with Gasteiger partial charge in [0, 0.05) is 37.4 Å². The third-order valence-electron chi connectivity index (χ3n) is 3.39. The molecule has 0 radical (unpaired) electrons. The van der Waals surface area contributed by atoms with E-state index in [2.05, 4.69) is 23.2 Å². The molecule has 0 spiro atoms. The summed E-state index contributed by atoms with van der Waals surface area (Å²) in [5, 5.41) is 4.18. The van der Waals surface area contributed by atoms with Gasteiger partial charge in [-0.05, 0) is 19.9 Å². The summed E-state index contributed by atoms with van der Waals surface area (Å²) < 4.78 is 1.84. The van der Waals surface area contributed by atoms with Crippen LogP contribution in [0.2, 0.25) is 0 Å². The van der Waals surface area contributed by atoms with Crippen LogP contribution in [0, 0.1) is 0 Å². The first kappa shape index (κ1) is 11.6. The van der Waals surface area contributed by atoms with E-state index in [-0.39, 0.29) is 5.54 Å². The predicted octanol–water partition coefficient (Wildman–Crippen LogP) is 1.12. The average Bonchev–Trinajstić information content (AvgIpc) is 2.75. The number of hydrogen-bond donors (Lipinski definition) is 1. The minimum absolute atomic E-state index is 0.0525. The molecule has 0 aromatic carbocycles. The Balaban J connectivity index is 1.86. The van der Waals surface area contributed by atoms with Crippen LogP contribution in [-0.4, -0.2) is 33.8 Å². The van der Waals surface area contributed by atoms with Crippen LogP contribution in [-0.2, 0) is 13.6 Å². The number of nitrogens with zero attached hydrogens (tertiary/aromatic N) is 3. The molecule has 16 heavy (non-hydrogen) atoms. The Morgan fingerprint density at radius 1 is 1.50 bits per heavy atom. The van der Waals surface area contributed by atoms with Crippen molar-refractivity contribution < 1.29 is 0 Å². The van der Waals surface area contributed by atoms with E-state index in [1.807, 2.05) is 17.9 Å². The van der Waals surface area contributed by atoms with Gasteiger partial charge in [-0.25, -0.2) is 0 Å². The molecule has 1 aliphatic carbocycles. The molecule has 1 aliphatic rings. The Hall–Kier alpha value is -0.870. The number of rotatable bonds is 4. The van der Waals surface area contributed by atoms with Crippen LogP contribution in [0.5, 0.6) is 0 Å². The minimum atomic E-state index is 0.0525. The van der Waals surface area contributed by atoms with Gasteiger partial charge < -0.3 is 10.6 Å². The maximum Gasteiger partial charge on any atom is 0.0534 e. The second kappa shape index (κ2) is 4.55. The summed E-state index contributed by atoms with van der Waals surface area (Å²) in [6, 6.07) is 0. The molecule has 0 atom stereocenters. The normalized spacial score (nSPS) is 19.5. The maximum atomic E-state index is 6.36. The standard InChI is InChI=1S/C12H22N4/c1-15(8-11-7-14-16(2)9-11)10-12(13)5-3-4-6-12/h7,9H,3-6,8,10,13H2,1-2H3. The first-order valence-electron chi connectivity index (χ1n) is 6.02. The predicted molar refractivity (Wildman–Crippen MR) is 64.9 cm³/mol. The van der Waals surface area contributed by atoms with Crippen molar-refractivity contribution in [3.63, 3.8) is 0 Å². The summed E-state index contributed by atoms with van der Waals surface area (Å²) in [6.07, 6.45) is 8.91. The third-order valence-corrected chi connectivity index (χ3v) is 3.39. The number of nitrogens with two attached hydrogens (primary N) is 1. The van der Waals surface area contributed by atoms with E-state index in [9.17, 15) is 0 Å². The molecule has 1 fully saturated rings. The molecule has 2 N–H and O–H groups in total. The van der Waals surface area contributed by atoms with Crippen LogP contribution in [0.3, 0.4) is 0 Å². The van der Waals surface area contributed by atoms with E-state index in [1.54, 1.807) is 0 Å². The fourth-order valence-corrected chi connectivity index (χ4v) is 2.70. The van der Waals surface area contributed by atoms with E-state index in [4.69, 9.17) is 5.73 Å². The van der Waals surface area contributed by atoms with Crippen LogP contribution in [0.4, 0.5) is 0 Å². The molecule has 0 amide bonds. The van der Waals surface area contributed by atoms with E-state index in [1.165, 1.54) is 31.2 Å². The highest BCUT2D eigenvalue weighted by Crippen LogP contribution is 2.27. The minimum Gasteiger partial charge on any atom is -0.324 e. The Kier molecular flexibility index (Phi) is 3.30. The largest absolute Gasteiger partial charge is 0.324 e. The fourth-order valence-electron chi connectivity index (χ4n) is 2.70. The molecule has 4 heteroatoms.